The minimum absolute atomic E-state index is 0. The molecule has 0 aromatic heterocycles. The second kappa shape index (κ2) is 6.95. The predicted molar refractivity (Wildman–Crippen MR) is 66.9 cm³/mol. The maximum atomic E-state index is 3.36. The van der Waals surface area contributed by atoms with Crippen LogP contribution in [0.3, 0.4) is 0 Å². The van der Waals surface area contributed by atoms with Crippen LogP contribution in [-0.4, -0.2) is 23.1 Å². The molecule has 0 amide bonds. The van der Waals surface area contributed by atoms with E-state index in [1.807, 2.05) is 0 Å². The van der Waals surface area contributed by atoms with E-state index in [1.165, 1.54) is 21.9 Å². The van der Waals surface area contributed by atoms with Crippen LogP contribution in [0.1, 0.15) is 19.4 Å². The number of halogens is 1. The minimum Gasteiger partial charge on any atom is -1.00 e. The van der Waals surface area contributed by atoms with Crippen LogP contribution in [0.5, 0.6) is 0 Å². The van der Waals surface area contributed by atoms with E-state index in [9.17, 15) is 0 Å². The van der Waals surface area contributed by atoms with E-state index in [4.69, 9.17) is 0 Å². The van der Waals surface area contributed by atoms with Gasteiger partial charge in [0.25, 0.3) is 0 Å². The third kappa shape index (κ3) is 3.51. The standard InChI is InChI=1S/C14H13.ClH.Mg/c1-11(2)10-13-8-5-7-12-6-3-4-9-14(12)13;;/h3-9H,1-2H3;1H;/q-1;;+2/p-1. The van der Waals surface area contributed by atoms with E-state index < -0.39 is 0 Å². The summed E-state index contributed by atoms with van der Waals surface area (Å²) in [6, 6.07) is 14.7. The van der Waals surface area contributed by atoms with Gasteiger partial charge in [0.1, 0.15) is 0 Å². The van der Waals surface area contributed by atoms with Gasteiger partial charge in [0.05, 0.1) is 0 Å². The summed E-state index contributed by atoms with van der Waals surface area (Å²) in [5.41, 5.74) is 2.39. The molecule has 0 N–H and O–H groups in total. The average molecular weight is 241 g/mol. The fourth-order valence-corrected chi connectivity index (χ4v) is 1.60. The molecule has 0 unspecified atom stereocenters. The number of hydrogen-bond acceptors (Lipinski definition) is 0. The molecule has 0 aliphatic rings. The van der Waals surface area contributed by atoms with Crippen molar-refractivity contribution in [2.24, 2.45) is 0 Å². The number of rotatable bonds is 1. The predicted octanol–water partition coefficient (Wildman–Crippen LogP) is 0.580. The third-order valence-electron chi connectivity index (χ3n) is 2.17. The largest absolute Gasteiger partial charge is 2.00 e. The Morgan fingerprint density at radius 3 is 2.25 bits per heavy atom. The summed E-state index contributed by atoms with van der Waals surface area (Å²) >= 11 is 0. The van der Waals surface area contributed by atoms with Gasteiger partial charge in [-0.2, -0.15) is 17.7 Å². The Morgan fingerprint density at radius 1 is 0.938 bits per heavy atom. The van der Waals surface area contributed by atoms with E-state index >= 15 is 0 Å². The Balaban J connectivity index is 0.00000112. The van der Waals surface area contributed by atoms with Crippen molar-refractivity contribution in [3.63, 3.8) is 0 Å². The molecule has 0 saturated carbocycles. The van der Waals surface area contributed by atoms with Gasteiger partial charge in [-0.1, -0.05) is 43.5 Å². The van der Waals surface area contributed by atoms with Gasteiger partial charge in [0.15, 0.2) is 0 Å². The Bertz CT molecular complexity index is 480. The monoisotopic (exact) mass is 240 g/mol. The molecule has 0 bridgehead atoms. The van der Waals surface area contributed by atoms with Gasteiger partial charge in [0, 0.05) is 0 Å². The molecule has 0 radical (unpaired) electrons. The SMILES string of the molecule is CC(C)=[C-]c1cccc2ccccc12.[Cl-].[Mg+2]. The molecule has 2 rings (SSSR count). The molecule has 0 aliphatic carbocycles. The van der Waals surface area contributed by atoms with Crippen LogP contribution in [-0.2, 0) is 0 Å². The Labute approximate surface area is 119 Å². The van der Waals surface area contributed by atoms with Crippen molar-refractivity contribution in [2.45, 2.75) is 13.8 Å². The second-order valence-electron chi connectivity index (χ2n) is 3.65. The van der Waals surface area contributed by atoms with Crippen molar-refractivity contribution in [1.29, 1.82) is 0 Å². The van der Waals surface area contributed by atoms with Gasteiger partial charge >= 0.3 is 23.1 Å². The van der Waals surface area contributed by atoms with Gasteiger partial charge in [-0.25, -0.2) is 0 Å². The Hall–Kier alpha value is -0.504. The summed E-state index contributed by atoms with van der Waals surface area (Å²) in [4.78, 5) is 0. The van der Waals surface area contributed by atoms with Crippen molar-refractivity contribution in [1.82, 2.24) is 0 Å². The van der Waals surface area contributed by atoms with Crippen LogP contribution < -0.4 is 12.4 Å². The Morgan fingerprint density at radius 2 is 1.56 bits per heavy atom. The van der Waals surface area contributed by atoms with Gasteiger partial charge < -0.3 is 12.4 Å². The Kier molecular flexibility index (Phi) is 6.73. The molecule has 78 valence electrons. The van der Waals surface area contributed by atoms with Crippen molar-refractivity contribution >= 4 is 33.8 Å². The van der Waals surface area contributed by atoms with E-state index in [1.54, 1.807) is 0 Å². The zero-order valence-electron chi connectivity index (χ0n) is 9.63. The first-order chi connectivity index (χ1) is 6.77. The molecule has 0 heterocycles. The molecule has 2 aromatic carbocycles. The molecule has 0 aliphatic heterocycles. The van der Waals surface area contributed by atoms with Gasteiger partial charge in [-0.3, -0.25) is 0 Å². The number of allylic oxidation sites excluding steroid dienone is 1. The molecule has 0 nitrogen and oxygen atoms in total. The van der Waals surface area contributed by atoms with Gasteiger partial charge in [-0.05, 0) is 0 Å². The molecular formula is C14H13ClMg. The maximum Gasteiger partial charge on any atom is 2.00 e. The van der Waals surface area contributed by atoms with Crippen molar-refractivity contribution < 1.29 is 12.4 Å². The molecule has 0 fully saturated rings. The molecule has 0 spiro atoms. The third-order valence-corrected chi connectivity index (χ3v) is 2.17. The molecule has 16 heavy (non-hydrogen) atoms. The summed E-state index contributed by atoms with van der Waals surface area (Å²) in [5, 5.41) is 2.55. The van der Waals surface area contributed by atoms with Crippen molar-refractivity contribution in [3.05, 3.63) is 59.7 Å². The van der Waals surface area contributed by atoms with Crippen LogP contribution in [0.15, 0.2) is 48.0 Å². The average Bonchev–Trinajstić information content (AvgIpc) is 2.18. The zero-order valence-corrected chi connectivity index (χ0v) is 11.8. The first-order valence-electron chi connectivity index (χ1n) is 4.82. The zero-order chi connectivity index (χ0) is 9.97. The van der Waals surface area contributed by atoms with E-state index in [0.717, 1.165) is 0 Å². The molecule has 2 heteroatoms. The smallest absolute Gasteiger partial charge is 1.00 e. The van der Waals surface area contributed by atoms with E-state index in [0.29, 0.717) is 0 Å². The minimum atomic E-state index is 0. The van der Waals surface area contributed by atoms with Crippen LogP contribution in [0.4, 0.5) is 0 Å². The second-order valence-corrected chi connectivity index (χ2v) is 3.65. The van der Waals surface area contributed by atoms with Gasteiger partial charge in [0.2, 0.25) is 0 Å². The van der Waals surface area contributed by atoms with Crippen LogP contribution >= 0.6 is 0 Å². The van der Waals surface area contributed by atoms with Gasteiger partial charge in [-0.15, -0.1) is 23.1 Å². The number of hydrogen-bond donors (Lipinski definition) is 0. The molecular weight excluding hydrogens is 228 g/mol. The summed E-state index contributed by atoms with van der Waals surface area (Å²) in [6.07, 6.45) is 3.36. The van der Waals surface area contributed by atoms with Crippen LogP contribution in [0.25, 0.3) is 10.8 Å². The number of fused-ring (bicyclic) bond motifs is 1. The summed E-state index contributed by atoms with van der Waals surface area (Å²) in [6.45, 7) is 4.14. The first-order valence-corrected chi connectivity index (χ1v) is 4.82. The molecule has 2 aromatic rings. The summed E-state index contributed by atoms with van der Waals surface area (Å²) in [5.74, 6) is 0. The maximum absolute atomic E-state index is 3.36. The van der Waals surface area contributed by atoms with Crippen molar-refractivity contribution in [3.8, 4) is 0 Å². The topological polar surface area (TPSA) is 0 Å². The number of benzene rings is 2. The quantitative estimate of drug-likeness (QED) is 0.506. The molecule has 0 atom stereocenters. The fraction of sp³-hybridized carbons (Fsp3) is 0.143. The molecule has 0 saturated heterocycles. The first kappa shape index (κ1) is 15.5. The van der Waals surface area contributed by atoms with E-state index in [-0.39, 0.29) is 35.5 Å². The van der Waals surface area contributed by atoms with Crippen LogP contribution in [0.2, 0.25) is 0 Å². The van der Waals surface area contributed by atoms with E-state index in [2.05, 4.69) is 62.4 Å². The van der Waals surface area contributed by atoms with Crippen molar-refractivity contribution in [2.75, 3.05) is 0 Å². The summed E-state index contributed by atoms with van der Waals surface area (Å²) < 4.78 is 0. The summed E-state index contributed by atoms with van der Waals surface area (Å²) in [7, 11) is 0. The normalized spacial score (nSPS) is 8.88. The van der Waals surface area contributed by atoms with Crippen LogP contribution in [0, 0.1) is 6.08 Å². The fourth-order valence-electron chi connectivity index (χ4n) is 1.60.